The summed E-state index contributed by atoms with van der Waals surface area (Å²) in [6, 6.07) is 6.53. The molecule has 0 unspecified atom stereocenters. The van der Waals surface area contributed by atoms with Gasteiger partial charge >= 0.3 is 6.01 Å². The van der Waals surface area contributed by atoms with Crippen LogP contribution in [0.5, 0.6) is 6.01 Å². The van der Waals surface area contributed by atoms with E-state index in [4.69, 9.17) is 9.84 Å². The standard InChI is InChI=1S/C19H23N7O/c1-27-19-20-9-6-15(21-19)12-25-10-7-14(8-11-25)18-23-22-17-5-4-16(13-2-3-13)24-26(17)18/h4-6,9,13-14H,2-3,7-8,10-12H2,1H3. The van der Waals surface area contributed by atoms with E-state index in [2.05, 4.69) is 37.2 Å². The maximum Gasteiger partial charge on any atom is 0.316 e. The summed E-state index contributed by atoms with van der Waals surface area (Å²) in [5, 5.41) is 13.6. The summed E-state index contributed by atoms with van der Waals surface area (Å²) in [4.78, 5) is 10.9. The fourth-order valence-electron chi connectivity index (χ4n) is 3.81. The van der Waals surface area contributed by atoms with Crippen LogP contribution in [0.15, 0.2) is 24.4 Å². The molecule has 2 aliphatic rings. The largest absolute Gasteiger partial charge is 0.467 e. The van der Waals surface area contributed by atoms with Crippen LogP contribution in [0.3, 0.4) is 0 Å². The van der Waals surface area contributed by atoms with Gasteiger partial charge in [-0.15, -0.1) is 10.2 Å². The predicted octanol–water partition coefficient (Wildman–Crippen LogP) is 2.18. The van der Waals surface area contributed by atoms with Crippen LogP contribution in [0, 0.1) is 0 Å². The van der Waals surface area contributed by atoms with Crippen LogP contribution in [-0.2, 0) is 6.54 Å². The Kier molecular flexibility index (Phi) is 4.20. The minimum absolute atomic E-state index is 0.401. The van der Waals surface area contributed by atoms with Crippen molar-refractivity contribution in [2.24, 2.45) is 0 Å². The molecule has 3 aromatic rings. The third-order valence-corrected chi connectivity index (χ3v) is 5.52. The Bertz CT molecular complexity index is 944. The van der Waals surface area contributed by atoms with E-state index in [1.807, 2.05) is 10.6 Å². The van der Waals surface area contributed by atoms with Crippen molar-refractivity contribution in [1.29, 1.82) is 0 Å². The third-order valence-electron chi connectivity index (χ3n) is 5.52. The summed E-state index contributed by atoms with van der Waals surface area (Å²) in [7, 11) is 1.59. The second kappa shape index (κ2) is 6.84. The van der Waals surface area contributed by atoms with E-state index in [-0.39, 0.29) is 0 Å². The molecule has 0 spiro atoms. The van der Waals surface area contributed by atoms with E-state index in [0.29, 0.717) is 17.8 Å². The lowest BCUT2D eigenvalue weighted by Gasteiger charge is -2.30. The number of hydrogen-bond donors (Lipinski definition) is 0. The van der Waals surface area contributed by atoms with Gasteiger partial charge in [-0.05, 0) is 57.0 Å². The summed E-state index contributed by atoms with van der Waals surface area (Å²) in [5.74, 6) is 2.05. The van der Waals surface area contributed by atoms with Crippen LogP contribution in [-0.4, -0.2) is 54.9 Å². The minimum atomic E-state index is 0.401. The summed E-state index contributed by atoms with van der Waals surface area (Å²) >= 11 is 0. The monoisotopic (exact) mass is 365 g/mol. The second-order valence-electron chi connectivity index (χ2n) is 7.45. The molecular formula is C19H23N7O. The van der Waals surface area contributed by atoms with Gasteiger partial charge in [-0.3, -0.25) is 4.90 Å². The highest BCUT2D eigenvalue weighted by molar-refractivity contribution is 5.38. The van der Waals surface area contributed by atoms with E-state index in [1.165, 1.54) is 18.5 Å². The second-order valence-corrected chi connectivity index (χ2v) is 7.45. The average molecular weight is 365 g/mol. The first kappa shape index (κ1) is 16.6. The predicted molar refractivity (Wildman–Crippen MR) is 98.6 cm³/mol. The van der Waals surface area contributed by atoms with E-state index >= 15 is 0 Å². The summed E-state index contributed by atoms with van der Waals surface area (Å²) in [6.07, 6.45) is 6.36. The Morgan fingerprint density at radius 3 is 2.67 bits per heavy atom. The van der Waals surface area contributed by atoms with Gasteiger partial charge in [-0.2, -0.15) is 14.6 Å². The lowest BCUT2D eigenvalue weighted by Crippen LogP contribution is -2.33. The first-order chi connectivity index (χ1) is 13.3. The molecule has 5 rings (SSSR count). The third kappa shape index (κ3) is 3.37. The van der Waals surface area contributed by atoms with Gasteiger partial charge in [-0.1, -0.05) is 0 Å². The van der Waals surface area contributed by atoms with E-state index in [0.717, 1.165) is 49.6 Å². The molecule has 0 amide bonds. The van der Waals surface area contributed by atoms with Crippen LogP contribution in [0.25, 0.3) is 5.65 Å². The molecule has 0 atom stereocenters. The summed E-state index contributed by atoms with van der Waals surface area (Å²) in [6.45, 7) is 2.83. The topological polar surface area (TPSA) is 81.3 Å². The van der Waals surface area contributed by atoms with Crippen LogP contribution < -0.4 is 4.74 Å². The molecule has 1 aliphatic heterocycles. The van der Waals surface area contributed by atoms with Crippen LogP contribution in [0.2, 0.25) is 0 Å². The number of hydrogen-bond acceptors (Lipinski definition) is 7. The van der Waals surface area contributed by atoms with Gasteiger partial charge in [0.2, 0.25) is 0 Å². The molecule has 8 nitrogen and oxygen atoms in total. The van der Waals surface area contributed by atoms with Crippen molar-refractivity contribution >= 4 is 5.65 Å². The molecule has 0 bridgehead atoms. The lowest BCUT2D eigenvalue weighted by molar-refractivity contribution is 0.198. The van der Waals surface area contributed by atoms with Gasteiger partial charge in [0.15, 0.2) is 11.5 Å². The molecule has 8 heteroatoms. The number of nitrogens with zero attached hydrogens (tertiary/aromatic N) is 7. The van der Waals surface area contributed by atoms with Gasteiger partial charge in [0.05, 0.1) is 18.5 Å². The average Bonchev–Trinajstić information content (AvgIpc) is 3.48. The number of methoxy groups -OCH3 is 1. The Morgan fingerprint density at radius 1 is 1.04 bits per heavy atom. The molecule has 0 aromatic carbocycles. The first-order valence-corrected chi connectivity index (χ1v) is 9.60. The van der Waals surface area contributed by atoms with Crippen LogP contribution >= 0.6 is 0 Å². The molecule has 0 N–H and O–H groups in total. The molecule has 1 saturated carbocycles. The smallest absolute Gasteiger partial charge is 0.316 e. The maximum atomic E-state index is 5.12. The van der Waals surface area contributed by atoms with E-state index < -0.39 is 0 Å². The molecule has 3 aromatic heterocycles. The van der Waals surface area contributed by atoms with Crippen LogP contribution in [0.4, 0.5) is 0 Å². The fraction of sp³-hybridized carbons (Fsp3) is 0.526. The lowest BCUT2D eigenvalue weighted by atomic mass is 9.96. The van der Waals surface area contributed by atoms with Gasteiger partial charge in [0, 0.05) is 24.6 Å². The van der Waals surface area contributed by atoms with E-state index in [9.17, 15) is 0 Å². The zero-order valence-corrected chi connectivity index (χ0v) is 15.5. The summed E-state index contributed by atoms with van der Waals surface area (Å²) in [5.41, 5.74) is 3.02. The maximum absolute atomic E-state index is 5.12. The zero-order chi connectivity index (χ0) is 18.2. The highest BCUT2D eigenvalue weighted by Gasteiger charge is 2.28. The van der Waals surface area contributed by atoms with Crippen molar-refractivity contribution < 1.29 is 4.74 Å². The normalized spacial score (nSPS) is 18.9. The molecule has 140 valence electrons. The van der Waals surface area contributed by atoms with Gasteiger partial charge in [-0.25, -0.2) is 4.98 Å². The van der Waals surface area contributed by atoms with Crippen molar-refractivity contribution in [3.8, 4) is 6.01 Å². The van der Waals surface area contributed by atoms with Crippen molar-refractivity contribution in [3.63, 3.8) is 0 Å². The molecule has 27 heavy (non-hydrogen) atoms. The number of aromatic nitrogens is 6. The fourth-order valence-corrected chi connectivity index (χ4v) is 3.81. The number of fused-ring (bicyclic) bond motifs is 1. The molecule has 4 heterocycles. The zero-order valence-electron chi connectivity index (χ0n) is 15.5. The number of rotatable bonds is 5. The van der Waals surface area contributed by atoms with Crippen molar-refractivity contribution in [2.75, 3.05) is 20.2 Å². The van der Waals surface area contributed by atoms with Gasteiger partial charge in [0.25, 0.3) is 0 Å². The Balaban J connectivity index is 1.27. The van der Waals surface area contributed by atoms with Gasteiger partial charge < -0.3 is 4.74 Å². The van der Waals surface area contributed by atoms with Gasteiger partial charge in [0.1, 0.15) is 0 Å². The highest BCUT2D eigenvalue weighted by Crippen LogP contribution is 2.39. The highest BCUT2D eigenvalue weighted by atomic mass is 16.5. The Morgan fingerprint density at radius 2 is 1.89 bits per heavy atom. The van der Waals surface area contributed by atoms with Crippen molar-refractivity contribution in [3.05, 3.63) is 41.6 Å². The SMILES string of the molecule is COc1nccc(CN2CCC(c3nnc4ccc(C5CC5)nn34)CC2)n1. The molecule has 2 fully saturated rings. The quantitative estimate of drug-likeness (QED) is 0.685. The number of likely N-dealkylation sites (tertiary alicyclic amines) is 1. The molecule has 1 saturated heterocycles. The number of ether oxygens (including phenoxy) is 1. The van der Waals surface area contributed by atoms with Crippen molar-refractivity contribution in [2.45, 2.75) is 44.1 Å². The first-order valence-electron chi connectivity index (χ1n) is 9.60. The molecule has 0 radical (unpaired) electrons. The molecule has 1 aliphatic carbocycles. The summed E-state index contributed by atoms with van der Waals surface area (Å²) < 4.78 is 7.09. The van der Waals surface area contributed by atoms with Crippen LogP contribution in [0.1, 0.15) is 54.7 Å². The minimum Gasteiger partial charge on any atom is -0.467 e. The molecular weight excluding hydrogens is 342 g/mol. The van der Waals surface area contributed by atoms with E-state index in [1.54, 1.807) is 13.3 Å². The Labute approximate surface area is 157 Å². The number of piperidine rings is 1. The Hall–Kier alpha value is -2.61. The van der Waals surface area contributed by atoms with Crippen molar-refractivity contribution in [1.82, 2.24) is 34.7 Å².